The van der Waals surface area contributed by atoms with Gasteiger partial charge in [-0.15, -0.1) is 0 Å². The average Bonchev–Trinajstić information content (AvgIpc) is 2.47. The number of aryl methyl sites for hydroxylation is 2. The van der Waals surface area contributed by atoms with Crippen LogP contribution in [0.4, 0.5) is 0 Å². The number of hydrogen-bond acceptors (Lipinski definition) is 2. The van der Waals surface area contributed by atoms with E-state index in [-0.39, 0.29) is 12.2 Å². The van der Waals surface area contributed by atoms with Crippen molar-refractivity contribution >= 4 is 0 Å². The number of aliphatic hydroxyl groups excluding tert-OH is 2. The van der Waals surface area contributed by atoms with Gasteiger partial charge in [0.05, 0.1) is 12.2 Å². The molecule has 0 heterocycles. The molecule has 0 amide bonds. The lowest BCUT2D eigenvalue weighted by molar-refractivity contribution is 0.157. The molecule has 0 aromatic heterocycles. The van der Waals surface area contributed by atoms with Crippen molar-refractivity contribution in [3.63, 3.8) is 0 Å². The largest absolute Gasteiger partial charge is 0.393 e. The Hall–Kier alpha value is -0.860. The Morgan fingerprint density at radius 1 is 0.850 bits per heavy atom. The van der Waals surface area contributed by atoms with Crippen LogP contribution in [0, 0.1) is 0 Å². The summed E-state index contributed by atoms with van der Waals surface area (Å²) in [6.07, 6.45) is 7.37. The molecule has 2 heteroatoms. The van der Waals surface area contributed by atoms with Crippen molar-refractivity contribution in [2.75, 3.05) is 0 Å². The van der Waals surface area contributed by atoms with Crippen LogP contribution in [0.3, 0.4) is 0 Å². The summed E-state index contributed by atoms with van der Waals surface area (Å²) in [5, 5.41) is 19.1. The molecule has 0 saturated carbocycles. The van der Waals surface area contributed by atoms with E-state index in [4.69, 9.17) is 0 Å². The van der Waals surface area contributed by atoms with Crippen molar-refractivity contribution in [2.45, 2.75) is 77.4 Å². The normalized spacial score (nSPS) is 14.2. The first kappa shape index (κ1) is 17.2. The summed E-state index contributed by atoms with van der Waals surface area (Å²) in [5.74, 6) is 0. The van der Waals surface area contributed by atoms with Crippen molar-refractivity contribution in [2.24, 2.45) is 0 Å². The predicted octanol–water partition coefficient (Wildman–Crippen LogP) is 3.87. The molecule has 1 aromatic rings. The second-order valence-corrected chi connectivity index (χ2v) is 5.73. The van der Waals surface area contributed by atoms with E-state index in [1.165, 1.54) is 11.1 Å². The molecule has 0 fully saturated rings. The summed E-state index contributed by atoms with van der Waals surface area (Å²) in [6.45, 7) is 4.05. The highest BCUT2D eigenvalue weighted by Crippen LogP contribution is 2.13. The molecule has 2 unspecified atom stereocenters. The lowest BCUT2D eigenvalue weighted by Crippen LogP contribution is -2.05. The van der Waals surface area contributed by atoms with Gasteiger partial charge in [-0.25, -0.2) is 0 Å². The molecular weight excluding hydrogens is 248 g/mol. The molecule has 0 aliphatic rings. The van der Waals surface area contributed by atoms with Crippen LogP contribution >= 0.6 is 0 Å². The van der Waals surface area contributed by atoms with E-state index in [9.17, 15) is 10.2 Å². The lowest BCUT2D eigenvalue weighted by atomic mass is 10.00. The van der Waals surface area contributed by atoms with Crippen molar-refractivity contribution < 1.29 is 10.2 Å². The van der Waals surface area contributed by atoms with Crippen LogP contribution in [0.25, 0.3) is 0 Å². The Bertz CT molecular complexity index is 331. The van der Waals surface area contributed by atoms with Crippen molar-refractivity contribution in [1.82, 2.24) is 0 Å². The van der Waals surface area contributed by atoms with Gasteiger partial charge < -0.3 is 10.2 Å². The third-order valence-corrected chi connectivity index (χ3v) is 3.94. The van der Waals surface area contributed by atoms with E-state index >= 15 is 0 Å². The van der Waals surface area contributed by atoms with Crippen molar-refractivity contribution in [3.8, 4) is 0 Å². The summed E-state index contributed by atoms with van der Waals surface area (Å²) >= 11 is 0. The lowest BCUT2D eigenvalue weighted by Gasteiger charge is -2.09. The van der Waals surface area contributed by atoms with Crippen LogP contribution in [-0.4, -0.2) is 22.4 Å². The summed E-state index contributed by atoms with van der Waals surface area (Å²) in [4.78, 5) is 0. The second kappa shape index (κ2) is 9.95. The minimum Gasteiger partial charge on any atom is -0.393 e. The average molecular weight is 278 g/mol. The number of benzene rings is 1. The molecule has 0 aliphatic carbocycles. The van der Waals surface area contributed by atoms with Crippen LogP contribution in [0.2, 0.25) is 0 Å². The van der Waals surface area contributed by atoms with Crippen molar-refractivity contribution in [3.05, 3.63) is 35.4 Å². The molecule has 2 nitrogen and oxygen atoms in total. The van der Waals surface area contributed by atoms with Gasteiger partial charge in [0, 0.05) is 0 Å². The summed E-state index contributed by atoms with van der Waals surface area (Å²) in [7, 11) is 0. The SMILES string of the molecule is CCC(O)CCCc1cccc(CCCC(O)CC)c1. The second-order valence-electron chi connectivity index (χ2n) is 5.73. The molecule has 2 N–H and O–H groups in total. The molecule has 2 atom stereocenters. The van der Waals surface area contributed by atoms with E-state index < -0.39 is 0 Å². The molecular formula is C18H30O2. The minimum atomic E-state index is -0.145. The topological polar surface area (TPSA) is 40.5 Å². The highest BCUT2D eigenvalue weighted by molar-refractivity contribution is 5.23. The zero-order chi connectivity index (χ0) is 14.8. The first-order valence-electron chi connectivity index (χ1n) is 8.09. The number of hydrogen-bond donors (Lipinski definition) is 2. The van der Waals surface area contributed by atoms with Crippen LogP contribution in [-0.2, 0) is 12.8 Å². The van der Waals surface area contributed by atoms with Crippen LogP contribution in [0.5, 0.6) is 0 Å². The van der Waals surface area contributed by atoms with Crippen LogP contribution in [0.15, 0.2) is 24.3 Å². The predicted molar refractivity (Wildman–Crippen MR) is 84.9 cm³/mol. The van der Waals surface area contributed by atoms with E-state index in [1.54, 1.807) is 0 Å². The Labute approximate surface area is 123 Å². The van der Waals surface area contributed by atoms with Gasteiger partial charge in [-0.2, -0.15) is 0 Å². The summed E-state index contributed by atoms with van der Waals surface area (Å²) in [6, 6.07) is 8.74. The highest BCUT2D eigenvalue weighted by atomic mass is 16.3. The number of rotatable bonds is 10. The molecule has 0 spiro atoms. The Kier molecular flexibility index (Phi) is 8.56. The van der Waals surface area contributed by atoms with Gasteiger partial charge in [-0.05, 0) is 62.5 Å². The smallest absolute Gasteiger partial charge is 0.0537 e. The maximum absolute atomic E-state index is 9.56. The van der Waals surface area contributed by atoms with Gasteiger partial charge in [-0.3, -0.25) is 0 Å². The molecule has 1 rings (SSSR count). The monoisotopic (exact) mass is 278 g/mol. The minimum absolute atomic E-state index is 0.145. The van der Waals surface area contributed by atoms with Gasteiger partial charge >= 0.3 is 0 Å². The molecule has 0 saturated heterocycles. The number of aliphatic hydroxyl groups is 2. The Morgan fingerprint density at radius 3 is 1.70 bits per heavy atom. The highest BCUT2D eigenvalue weighted by Gasteiger charge is 2.03. The third-order valence-electron chi connectivity index (χ3n) is 3.94. The first-order valence-corrected chi connectivity index (χ1v) is 8.09. The molecule has 0 radical (unpaired) electrons. The first-order chi connectivity index (χ1) is 9.65. The fraction of sp³-hybridized carbons (Fsp3) is 0.667. The summed E-state index contributed by atoms with van der Waals surface area (Å²) < 4.78 is 0. The maximum Gasteiger partial charge on any atom is 0.0537 e. The molecule has 114 valence electrons. The van der Waals surface area contributed by atoms with Gasteiger partial charge in [0.15, 0.2) is 0 Å². The van der Waals surface area contributed by atoms with Crippen LogP contribution < -0.4 is 0 Å². The fourth-order valence-corrected chi connectivity index (χ4v) is 2.43. The summed E-state index contributed by atoms with van der Waals surface area (Å²) in [5.41, 5.74) is 2.73. The maximum atomic E-state index is 9.56. The van der Waals surface area contributed by atoms with Gasteiger partial charge in [0.25, 0.3) is 0 Å². The van der Waals surface area contributed by atoms with E-state index in [2.05, 4.69) is 24.3 Å². The van der Waals surface area contributed by atoms with E-state index in [0.29, 0.717) is 0 Å². The quantitative estimate of drug-likeness (QED) is 0.682. The van der Waals surface area contributed by atoms with Gasteiger partial charge in [0.2, 0.25) is 0 Å². The van der Waals surface area contributed by atoms with Gasteiger partial charge in [0.1, 0.15) is 0 Å². The Balaban J connectivity index is 2.33. The molecule has 0 bridgehead atoms. The standard InChI is InChI=1S/C18H30O2/c1-3-17(19)12-6-10-15-8-5-9-16(14-15)11-7-13-18(20)4-2/h5,8-9,14,17-20H,3-4,6-7,10-13H2,1-2H3. The van der Waals surface area contributed by atoms with E-state index in [0.717, 1.165) is 51.4 Å². The fourth-order valence-electron chi connectivity index (χ4n) is 2.43. The van der Waals surface area contributed by atoms with Gasteiger partial charge in [-0.1, -0.05) is 38.1 Å². The molecule has 1 aromatic carbocycles. The molecule has 20 heavy (non-hydrogen) atoms. The third kappa shape index (κ3) is 7.06. The Morgan fingerprint density at radius 2 is 1.30 bits per heavy atom. The zero-order valence-corrected chi connectivity index (χ0v) is 13.0. The van der Waals surface area contributed by atoms with Crippen molar-refractivity contribution in [1.29, 1.82) is 0 Å². The molecule has 0 aliphatic heterocycles. The van der Waals surface area contributed by atoms with Crippen LogP contribution in [0.1, 0.15) is 63.5 Å². The van der Waals surface area contributed by atoms with E-state index in [1.807, 2.05) is 13.8 Å². The zero-order valence-electron chi connectivity index (χ0n) is 13.0.